The highest BCUT2D eigenvalue weighted by molar-refractivity contribution is 7.17. The van der Waals surface area contributed by atoms with Crippen molar-refractivity contribution in [3.05, 3.63) is 65.2 Å². The van der Waals surface area contributed by atoms with Crippen molar-refractivity contribution in [3.8, 4) is 10.6 Å². The van der Waals surface area contributed by atoms with Crippen molar-refractivity contribution in [2.45, 2.75) is 6.04 Å². The van der Waals surface area contributed by atoms with Crippen LogP contribution in [0.2, 0.25) is 0 Å². The monoisotopic (exact) mass is 339 g/mol. The van der Waals surface area contributed by atoms with Gasteiger partial charge in [0.1, 0.15) is 0 Å². The highest BCUT2D eigenvalue weighted by Gasteiger charge is 2.13. The number of thiophene rings is 1. The number of hydrogen-bond acceptors (Lipinski definition) is 6. The zero-order valence-corrected chi connectivity index (χ0v) is 13.7. The number of benzene rings is 1. The largest absolute Gasteiger partial charge is 0.368 e. The summed E-state index contributed by atoms with van der Waals surface area (Å²) >= 11 is 1.35. The van der Waals surface area contributed by atoms with Crippen molar-refractivity contribution in [1.82, 2.24) is 15.3 Å². The van der Waals surface area contributed by atoms with E-state index in [1.54, 1.807) is 18.3 Å². The average molecular weight is 339 g/mol. The molecule has 0 saturated carbocycles. The average Bonchev–Trinajstić information content (AvgIpc) is 3.10. The van der Waals surface area contributed by atoms with Gasteiger partial charge in [0.2, 0.25) is 5.95 Å². The van der Waals surface area contributed by atoms with Crippen LogP contribution in [-0.2, 0) is 0 Å². The Labute approximate surface area is 143 Å². The minimum Gasteiger partial charge on any atom is -0.368 e. The summed E-state index contributed by atoms with van der Waals surface area (Å²) in [6.07, 6.45) is 1.59. The molecule has 5 N–H and O–H groups in total. The molecular formula is C17H17N5OS. The van der Waals surface area contributed by atoms with Crippen molar-refractivity contribution >= 4 is 23.2 Å². The number of rotatable bonds is 5. The number of carbonyl (C=O) groups is 1. The maximum Gasteiger partial charge on any atom is 0.261 e. The summed E-state index contributed by atoms with van der Waals surface area (Å²) in [5, 5.41) is 2.86. The molecule has 0 spiro atoms. The normalized spacial score (nSPS) is 11.9. The van der Waals surface area contributed by atoms with Gasteiger partial charge in [0.05, 0.1) is 15.4 Å². The van der Waals surface area contributed by atoms with Gasteiger partial charge in [0, 0.05) is 18.8 Å². The van der Waals surface area contributed by atoms with Crippen molar-refractivity contribution in [3.63, 3.8) is 0 Å². The third kappa shape index (κ3) is 3.76. The molecule has 0 aliphatic carbocycles. The summed E-state index contributed by atoms with van der Waals surface area (Å²) in [7, 11) is 0. The second-order valence-electron chi connectivity index (χ2n) is 5.19. The summed E-state index contributed by atoms with van der Waals surface area (Å²) in [6, 6.07) is 14.8. The fourth-order valence-electron chi connectivity index (χ4n) is 2.22. The van der Waals surface area contributed by atoms with Gasteiger partial charge in [-0.15, -0.1) is 11.3 Å². The fraction of sp³-hybridized carbons (Fsp3) is 0.118. The molecule has 7 heteroatoms. The van der Waals surface area contributed by atoms with Crippen LogP contribution in [0.3, 0.4) is 0 Å². The standard InChI is InChI=1S/C17H17N5OS/c18-12(11-4-2-1-3-5-11)10-21-16(23)15-7-6-14(24-15)13-8-9-20-17(19)22-13/h1-9,12H,10,18H2,(H,21,23)(H2,19,20,22)/t12-/m1/s1. The van der Waals surface area contributed by atoms with E-state index in [4.69, 9.17) is 11.5 Å². The van der Waals surface area contributed by atoms with E-state index in [-0.39, 0.29) is 17.9 Å². The van der Waals surface area contributed by atoms with Gasteiger partial charge in [0.15, 0.2) is 0 Å². The van der Waals surface area contributed by atoms with E-state index < -0.39 is 0 Å². The Morgan fingerprint density at radius 1 is 1.17 bits per heavy atom. The molecular weight excluding hydrogens is 322 g/mol. The lowest BCUT2D eigenvalue weighted by Gasteiger charge is -2.12. The number of amides is 1. The molecule has 2 aromatic heterocycles. The van der Waals surface area contributed by atoms with Crippen LogP contribution >= 0.6 is 11.3 Å². The van der Waals surface area contributed by atoms with E-state index in [1.807, 2.05) is 36.4 Å². The minimum atomic E-state index is -0.240. The van der Waals surface area contributed by atoms with Crippen LogP contribution < -0.4 is 16.8 Å². The maximum absolute atomic E-state index is 12.3. The number of nitrogen functional groups attached to an aromatic ring is 1. The molecule has 1 atom stereocenters. The van der Waals surface area contributed by atoms with Crippen molar-refractivity contribution < 1.29 is 4.79 Å². The summed E-state index contributed by atoms with van der Waals surface area (Å²) in [4.78, 5) is 21.8. The van der Waals surface area contributed by atoms with E-state index in [1.165, 1.54) is 11.3 Å². The summed E-state index contributed by atoms with van der Waals surface area (Å²) in [5.74, 6) is 0.0559. The second kappa shape index (κ2) is 7.20. The first-order valence-corrected chi connectivity index (χ1v) is 8.22. The molecule has 0 unspecified atom stereocenters. The van der Waals surface area contributed by atoms with E-state index in [9.17, 15) is 4.79 Å². The van der Waals surface area contributed by atoms with Gasteiger partial charge in [-0.2, -0.15) is 0 Å². The third-order valence-corrected chi connectivity index (χ3v) is 4.57. The van der Waals surface area contributed by atoms with E-state index in [2.05, 4.69) is 15.3 Å². The van der Waals surface area contributed by atoms with E-state index in [0.29, 0.717) is 17.1 Å². The Morgan fingerprint density at radius 2 is 1.96 bits per heavy atom. The van der Waals surface area contributed by atoms with Gasteiger partial charge in [0.25, 0.3) is 5.91 Å². The minimum absolute atomic E-state index is 0.153. The fourth-order valence-corrected chi connectivity index (χ4v) is 3.11. The van der Waals surface area contributed by atoms with Gasteiger partial charge in [-0.3, -0.25) is 4.79 Å². The molecule has 0 bridgehead atoms. The number of hydrogen-bond donors (Lipinski definition) is 3. The summed E-state index contributed by atoms with van der Waals surface area (Å²) in [6.45, 7) is 0.372. The van der Waals surface area contributed by atoms with Crippen LogP contribution in [0.1, 0.15) is 21.3 Å². The molecule has 3 rings (SSSR count). The Kier molecular flexibility index (Phi) is 4.83. The molecule has 1 aromatic carbocycles. The zero-order valence-electron chi connectivity index (χ0n) is 12.8. The van der Waals surface area contributed by atoms with Gasteiger partial charge >= 0.3 is 0 Å². The van der Waals surface area contributed by atoms with Crippen LogP contribution in [0, 0.1) is 0 Å². The van der Waals surface area contributed by atoms with Gasteiger partial charge < -0.3 is 16.8 Å². The number of aromatic nitrogens is 2. The van der Waals surface area contributed by atoms with E-state index >= 15 is 0 Å². The van der Waals surface area contributed by atoms with Crippen molar-refractivity contribution in [2.24, 2.45) is 5.73 Å². The summed E-state index contributed by atoms with van der Waals surface area (Å²) in [5.41, 5.74) is 13.4. The van der Waals surface area contributed by atoms with Crippen LogP contribution in [0.4, 0.5) is 5.95 Å². The highest BCUT2D eigenvalue weighted by Crippen LogP contribution is 2.26. The lowest BCUT2D eigenvalue weighted by Crippen LogP contribution is -2.31. The first kappa shape index (κ1) is 16.1. The van der Waals surface area contributed by atoms with Gasteiger partial charge in [-0.05, 0) is 23.8 Å². The van der Waals surface area contributed by atoms with Crippen LogP contribution in [0.25, 0.3) is 10.6 Å². The lowest BCUT2D eigenvalue weighted by atomic mass is 10.1. The smallest absolute Gasteiger partial charge is 0.261 e. The predicted octanol–water partition coefficient (Wildman–Crippen LogP) is 2.22. The number of nitrogens with zero attached hydrogens (tertiary/aromatic N) is 2. The predicted molar refractivity (Wildman–Crippen MR) is 95.5 cm³/mol. The van der Waals surface area contributed by atoms with E-state index in [0.717, 1.165) is 10.4 Å². The van der Waals surface area contributed by atoms with Gasteiger partial charge in [-0.25, -0.2) is 9.97 Å². The molecule has 3 aromatic rings. The quantitative estimate of drug-likeness (QED) is 0.661. The number of carbonyl (C=O) groups excluding carboxylic acids is 1. The van der Waals surface area contributed by atoms with Crippen molar-refractivity contribution in [1.29, 1.82) is 0 Å². The second-order valence-corrected chi connectivity index (χ2v) is 6.27. The molecule has 1 amide bonds. The molecule has 0 aliphatic heterocycles. The Morgan fingerprint density at radius 3 is 2.71 bits per heavy atom. The lowest BCUT2D eigenvalue weighted by molar-refractivity contribution is 0.0955. The number of nitrogens with one attached hydrogen (secondary N) is 1. The molecule has 122 valence electrons. The first-order chi connectivity index (χ1) is 11.6. The Bertz CT molecular complexity index is 834. The topological polar surface area (TPSA) is 107 Å². The molecule has 6 nitrogen and oxygen atoms in total. The van der Waals surface area contributed by atoms with Crippen LogP contribution in [0.15, 0.2) is 54.7 Å². The highest BCUT2D eigenvalue weighted by atomic mass is 32.1. The molecule has 24 heavy (non-hydrogen) atoms. The van der Waals surface area contributed by atoms with Crippen molar-refractivity contribution in [2.75, 3.05) is 12.3 Å². The maximum atomic E-state index is 12.3. The molecule has 0 saturated heterocycles. The summed E-state index contributed by atoms with van der Waals surface area (Å²) < 4.78 is 0. The third-order valence-electron chi connectivity index (χ3n) is 3.47. The Hall–Kier alpha value is -2.77. The van der Waals surface area contributed by atoms with Crippen LogP contribution in [0.5, 0.6) is 0 Å². The van der Waals surface area contributed by atoms with Crippen LogP contribution in [-0.4, -0.2) is 22.4 Å². The number of nitrogens with two attached hydrogens (primary N) is 2. The number of anilines is 1. The molecule has 0 fully saturated rings. The molecule has 0 radical (unpaired) electrons. The zero-order chi connectivity index (χ0) is 16.9. The molecule has 0 aliphatic rings. The SMILES string of the molecule is Nc1nccc(-c2ccc(C(=O)NC[C@@H](N)c3ccccc3)s2)n1. The first-order valence-electron chi connectivity index (χ1n) is 7.41. The van der Waals surface area contributed by atoms with Gasteiger partial charge in [-0.1, -0.05) is 30.3 Å². The Balaban J connectivity index is 1.64. The molecule has 2 heterocycles.